The van der Waals surface area contributed by atoms with Gasteiger partial charge in [-0.15, -0.1) is 23.1 Å². The molecule has 0 atom stereocenters. The number of hydrogen-bond donors (Lipinski definition) is 3. The molecule has 48 heavy (non-hydrogen) atoms. The Labute approximate surface area is 286 Å². The zero-order valence-corrected chi connectivity index (χ0v) is 28.3. The second kappa shape index (κ2) is 16.2. The number of carbonyl (C=O) groups is 4. The van der Waals surface area contributed by atoms with Gasteiger partial charge in [-0.05, 0) is 73.7 Å². The van der Waals surface area contributed by atoms with E-state index < -0.39 is 17.8 Å². The topological polar surface area (TPSA) is 132 Å². The van der Waals surface area contributed by atoms with E-state index in [0.29, 0.717) is 38.9 Å². The van der Waals surface area contributed by atoms with Gasteiger partial charge in [0.1, 0.15) is 10.7 Å². The summed E-state index contributed by atoms with van der Waals surface area (Å²) >= 11 is 2.72. The minimum absolute atomic E-state index is 0.0205. The van der Waals surface area contributed by atoms with E-state index in [1.54, 1.807) is 66.7 Å². The number of para-hydroxylation sites is 1. The molecule has 248 valence electrons. The number of nitrogens with one attached hydrogen (secondary N) is 3. The van der Waals surface area contributed by atoms with E-state index in [1.807, 2.05) is 6.07 Å². The lowest BCUT2D eigenvalue weighted by atomic mass is 9.95. The normalized spacial score (nSPS) is 12.4. The Hall–Kier alpha value is -5.07. The molecule has 0 bridgehead atoms. The van der Waals surface area contributed by atoms with Crippen LogP contribution in [0.15, 0.2) is 83.4 Å². The number of hydrogen-bond acceptors (Lipinski definition) is 9. The van der Waals surface area contributed by atoms with Gasteiger partial charge in [0, 0.05) is 26.6 Å². The van der Waals surface area contributed by atoms with Crippen molar-refractivity contribution in [2.75, 3.05) is 37.7 Å². The van der Waals surface area contributed by atoms with E-state index in [-0.39, 0.29) is 17.4 Å². The molecular weight excluding hydrogens is 651 g/mol. The third-order valence-electron chi connectivity index (χ3n) is 7.54. The molecule has 5 rings (SSSR count). The Morgan fingerprint density at radius 3 is 2.40 bits per heavy atom. The van der Waals surface area contributed by atoms with E-state index in [4.69, 9.17) is 14.2 Å². The quantitative estimate of drug-likeness (QED) is 0.0867. The number of esters is 1. The lowest BCUT2D eigenvalue weighted by Gasteiger charge is -2.14. The van der Waals surface area contributed by atoms with Gasteiger partial charge >= 0.3 is 5.97 Å². The van der Waals surface area contributed by atoms with Crippen molar-refractivity contribution in [2.45, 2.75) is 30.6 Å². The van der Waals surface area contributed by atoms with Gasteiger partial charge in [-0.25, -0.2) is 4.79 Å². The summed E-state index contributed by atoms with van der Waals surface area (Å²) in [6.07, 6.45) is 5.24. The van der Waals surface area contributed by atoms with Gasteiger partial charge in [0.25, 0.3) is 11.8 Å². The summed E-state index contributed by atoms with van der Waals surface area (Å²) in [5.74, 6) is -0.795. The molecule has 0 aliphatic heterocycles. The Morgan fingerprint density at radius 2 is 1.65 bits per heavy atom. The molecule has 0 fully saturated rings. The number of amides is 3. The third kappa shape index (κ3) is 8.25. The number of aryl methyl sites for hydroxylation is 1. The number of carbonyl (C=O) groups excluding carboxylic acids is 4. The molecule has 3 amide bonds. The molecule has 0 spiro atoms. The van der Waals surface area contributed by atoms with Gasteiger partial charge < -0.3 is 30.2 Å². The van der Waals surface area contributed by atoms with Crippen LogP contribution in [0.3, 0.4) is 0 Å². The van der Waals surface area contributed by atoms with Crippen molar-refractivity contribution in [2.24, 2.45) is 0 Å². The van der Waals surface area contributed by atoms with E-state index in [9.17, 15) is 19.2 Å². The average molecular weight is 686 g/mol. The summed E-state index contributed by atoms with van der Waals surface area (Å²) in [4.78, 5) is 54.1. The van der Waals surface area contributed by atoms with Crippen LogP contribution in [0.5, 0.6) is 11.5 Å². The van der Waals surface area contributed by atoms with Crippen molar-refractivity contribution < 1.29 is 33.4 Å². The molecule has 1 heterocycles. The van der Waals surface area contributed by atoms with Crippen molar-refractivity contribution in [3.8, 4) is 11.5 Å². The highest BCUT2D eigenvalue weighted by molar-refractivity contribution is 8.00. The maximum atomic E-state index is 13.6. The van der Waals surface area contributed by atoms with Gasteiger partial charge in [-0.3, -0.25) is 14.4 Å². The van der Waals surface area contributed by atoms with Gasteiger partial charge in [0.15, 0.2) is 11.5 Å². The van der Waals surface area contributed by atoms with E-state index in [1.165, 1.54) is 50.5 Å². The van der Waals surface area contributed by atoms with Crippen molar-refractivity contribution in [3.63, 3.8) is 0 Å². The monoisotopic (exact) mass is 685 g/mol. The summed E-state index contributed by atoms with van der Waals surface area (Å²) in [5, 5.41) is 9.00. The first-order chi connectivity index (χ1) is 23.3. The summed E-state index contributed by atoms with van der Waals surface area (Å²) in [5.41, 5.74) is 2.77. The molecule has 0 saturated carbocycles. The van der Waals surface area contributed by atoms with E-state index in [2.05, 4.69) is 16.0 Å². The number of ether oxygens (including phenoxy) is 3. The predicted molar refractivity (Wildman–Crippen MR) is 188 cm³/mol. The van der Waals surface area contributed by atoms with Crippen molar-refractivity contribution in [1.29, 1.82) is 0 Å². The summed E-state index contributed by atoms with van der Waals surface area (Å²) in [6.45, 7) is 0. The number of rotatable bonds is 12. The largest absolute Gasteiger partial charge is 0.493 e. The second-order valence-electron chi connectivity index (χ2n) is 10.7. The number of thioether (sulfide) groups is 1. The number of benzene rings is 3. The number of fused-ring (bicyclic) bond motifs is 1. The van der Waals surface area contributed by atoms with Gasteiger partial charge in [0.05, 0.1) is 32.6 Å². The van der Waals surface area contributed by atoms with Crippen LogP contribution in [0.1, 0.15) is 49.6 Å². The van der Waals surface area contributed by atoms with Crippen LogP contribution < -0.4 is 25.4 Å². The Bertz CT molecular complexity index is 1850. The van der Waals surface area contributed by atoms with Gasteiger partial charge in [-0.1, -0.05) is 36.4 Å². The fourth-order valence-corrected chi connectivity index (χ4v) is 7.32. The molecule has 10 nitrogen and oxygen atoms in total. The highest BCUT2D eigenvalue weighted by Crippen LogP contribution is 2.39. The van der Waals surface area contributed by atoms with Crippen LogP contribution in [0, 0.1) is 0 Å². The summed E-state index contributed by atoms with van der Waals surface area (Å²) < 4.78 is 15.9. The standard InChI is InChI=1S/C36H35N3O7S2/c1-44-28-17-9-13-23(32(28)45-2)19-27(38-33(41)22-11-5-4-6-12-22)34(42)37-24-14-10-15-25(20-24)47-21-30(40)39-35-31(36(43)46-3)26-16-7-8-18-29(26)48-35/h4-6,9-15,17,19-20H,7-8,16,18,21H2,1-3H3,(H,37,42)(H,38,41)(H,39,40)/b27-19+. The minimum Gasteiger partial charge on any atom is -0.493 e. The van der Waals surface area contributed by atoms with Gasteiger partial charge in [-0.2, -0.15) is 0 Å². The summed E-state index contributed by atoms with van der Waals surface area (Å²) in [6, 6.07) is 20.8. The van der Waals surface area contributed by atoms with Crippen molar-refractivity contribution in [3.05, 3.63) is 106 Å². The van der Waals surface area contributed by atoms with E-state index >= 15 is 0 Å². The van der Waals surface area contributed by atoms with Crippen LogP contribution in [-0.2, 0) is 27.2 Å². The maximum Gasteiger partial charge on any atom is 0.341 e. The molecule has 3 aromatic carbocycles. The first-order valence-electron chi connectivity index (χ1n) is 15.2. The molecule has 1 aliphatic rings. The van der Waals surface area contributed by atoms with Crippen LogP contribution in [0.25, 0.3) is 6.08 Å². The average Bonchev–Trinajstić information content (AvgIpc) is 3.48. The molecule has 1 aliphatic carbocycles. The molecule has 12 heteroatoms. The highest BCUT2D eigenvalue weighted by Gasteiger charge is 2.27. The fraction of sp³-hybridized carbons (Fsp3) is 0.222. The molecular formula is C36H35N3O7S2. The Morgan fingerprint density at radius 1 is 0.875 bits per heavy atom. The number of anilines is 2. The fourth-order valence-electron chi connectivity index (χ4n) is 5.27. The zero-order chi connectivity index (χ0) is 34.0. The molecule has 1 aromatic heterocycles. The van der Waals surface area contributed by atoms with Crippen LogP contribution in [-0.4, -0.2) is 50.8 Å². The van der Waals surface area contributed by atoms with E-state index in [0.717, 1.165) is 41.0 Å². The van der Waals surface area contributed by atoms with Crippen LogP contribution in [0.4, 0.5) is 10.7 Å². The smallest absolute Gasteiger partial charge is 0.341 e. The second-order valence-corrected chi connectivity index (χ2v) is 12.8. The highest BCUT2D eigenvalue weighted by atomic mass is 32.2. The lowest BCUT2D eigenvalue weighted by molar-refractivity contribution is -0.114. The molecule has 3 N–H and O–H groups in total. The van der Waals surface area contributed by atoms with Crippen LogP contribution in [0.2, 0.25) is 0 Å². The lowest BCUT2D eigenvalue weighted by Crippen LogP contribution is -2.30. The predicted octanol–water partition coefficient (Wildman–Crippen LogP) is 6.57. The Balaban J connectivity index is 1.31. The summed E-state index contributed by atoms with van der Waals surface area (Å²) in [7, 11) is 4.35. The maximum absolute atomic E-state index is 13.6. The van der Waals surface area contributed by atoms with Gasteiger partial charge in [0.2, 0.25) is 5.91 Å². The molecule has 0 saturated heterocycles. The van der Waals surface area contributed by atoms with Crippen LogP contribution >= 0.6 is 23.1 Å². The number of methoxy groups -OCH3 is 3. The van der Waals surface area contributed by atoms with Crippen molar-refractivity contribution in [1.82, 2.24) is 5.32 Å². The van der Waals surface area contributed by atoms with Crippen molar-refractivity contribution >= 4 is 63.6 Å². The first kappa shape index (κ1) is 34.3. The third-order valence-corrected chi connectivity index (χ3v) is 9.74. The zero-order valence-electron chi connectivity index (χ0n) is 26.7. The molecule has 0 unspecified atom stereocenters. The first-order valence-corrected chi connectivity index (χ1v) is 17.0. The molecule has 0 radical (unpaired) electrons. The Kier molecular flexibility index (Phi) is 11.5. The number of thiophene rings is 1. The molecule has 4 aromatic rings. The minimum atomic E-state index is -0.568. The SMILES string of the molecule is COC(=O)c1c(NC(=O)CSc2cccc(NC(=O)/C(=C\c3cccc(OC)c3OC)NC(=O)c3ccccc3)c2)sc2c1CCCC2.